The third-order valence-corrected chi connectivity index (χ3v) is 8.01. The third-order valence-electron chi connectivity index (χ3n) is 6.63. The number of aromatic nitrogens is 1. The number of nitrogens with one attached hydrogen (secondary N) is 1. The fourth-order valence-electron chi connectivity index (χ4n) is 4.74. The van der Waals surface area contributed by atoms with E-state index in [-0.39, 0.29) is 17.0 Å². The van der Waals surface area contributed by atoms with Crippen LogP contribution in [0.1, 0.15) is 35.6 Å². The van der Waals surface area contributed by atoms with E-state index in [1.54, 1.807) is 23.4 Å². The van der Waals surface area contributed by atoms with Crippen LogP contribution in [0.3, 0.4) is 0 Å². The Balaban J connectivity index is 1.68. The minimum Gasteiger partial charge on any atom is -0.346 e. The number of quaternary nitrogens is 1. The Morgan fingerprint density at radius 1 is 1.20 bits per heavy atom. The van der Waals surface area contributed by atoms with E-state index >= 15 is 0 Å². The van der Waals surface area contributed by atoms with Crippen LogP contribution in [-0.2, 0) is 18.4 Å². The average Bonchev–Trinajstić information content (AvgIpc) is 3.12. The molecule has 0 radical (unpaired) electrons. The maximum atomic E-state index is 13.0. The highest BCUT2D eigenvalue weighted by Crippen LogP contribution is 2.35. The van der Waals surface area contributed by atoms with Crippen LogP contribution in [0, 0.1) is 18.3 Å². The van der Waals surface area contributed by atoms with Gasteiger partial charge in [-0.2, -0.15) is 5.26 Å². The van der Waals surface area contributed by atoms with E-state index < -0.39 is 0 Å². The number of carbonyl (C=O) groups excluding carboxylic acids is 1. The van der Waals surface area contributed by atoms with Gasteiger partial charge in [0.25, 0.3) is 11.5 Å². The molecule has 0 bridgehead atoms. The number of benzene rings is 1. The van der Waals surface area contributed by atoms with E-state index in [9.17, 15) is 14.9 Å². The third kappa shape index (κ3) is 5.06. The minimum absolute atomic E-state index is 0.111. The number of rotatable bonds is 6. The number of amides is 1. The standard InChI is InChI=1S/C26H29N5O2S2/c1-4-10-31-25(33)22(35-26(31)34)15-20-18(2)21(16-27)24(32)28(3)23(20)30-13-11-29(12-14-30)17-19-8-6-5-7-9-19/h5-9,15H,4,10-14,17H2,1-3H3/p+1/b22-15-. The topological polar surface area (TPSA) is 73.8 Å². The fourth-order valence-corrected chi connectivity index (χ4v) is 6.03. The lowest BCUT2D eigenvalue weighted by molar-refractivity contribution is -0.914. The first-order valence-corrected chi connectivity index (χ1v) is 13.1. The van der Waals surface area contributed by atoms with Crippen LogP contribution in [0.2, 0.25) is 0 Å². The van der Waals surface area contributed by atoms with Crippen molar-refractivity contribution >= 4 is 46.1 Å². The largest absolute Gasteiger partial charge is 0.346 e. The monoisotopic (exact) mass is 508 g/mol. The minimum atomic E-state index is -0.310. The van der Waals surface area contributed by atoms with Crippen LogP contribution in [0.15, 0.2) is 40.0 Å². The predicted octanol–water partition coefficient (Wildman–Crippen LogP) is 2.08. The molecule has 7 nitrogen and oxygen atoms in total. The number of thioether (sulfide) groups is 1. The van der Waals surface area contributed by atoms with Gasteiger partial charge < -0.3 is 9.80 Å². The zero-order valence-electron chi connectivity index (χ0n) is 20.3. The summed E-state index contributed by atoms with van der Waals surface area (Å²) in [5, 5.41) is 9.69. The van der Waals surface area contributed by atoms with Crippen molar-refractivity contribution in [3.05, 3.63) is 67.8 Å². The van der Waals surface area contributed by atoms with Crippen molar-refractivity contribution in [2.75, 3.05) is 37.6 Å². The molecule has 0 atom stereocenters. The van der Waals surface area contributed by atoms with Gasteiger partial charge in [-0.25, -0.2) is 0 Å². The Morgan fingerprint density at radius 3 is 2.51 bits per heavy atom. The van der Waals surface area contributed by atoms with E-state index in [2.05, 4.69) is 35.2 Å². The molecule has 2 saturated heterocycles. The Kier molecular flexibility index (Phi) is 7.75. The number of nitrogens with zero attached hydrogens (tertiary/aromatic N) is 4. The highest BCUT2D eigenvalue weighted by Gasteiger charge is 2.33. The molecular formula is C26H30N5O2S2+. The number of pyridine rings is 1. The summed E-state index contributed by atoms with van der Waals surface area (Å²) in [6.45, 7) is 8.76. The van der Waals surface area contributed by atoms with Crippen LogP contribution in [0.5, 0.6) is 0 Å². The molecule has 2 aliphatic heterocycles. The first kappa shape index (κ1) is 25.2. The van der Waals surface area contributed by atoms with Gasteiger partial charge in [-0.3, -0.25) is 19.1 Å². The number of hydrogen-bond donors (Lipinski definition) is 1. The van der Waals surface area contributed by atoms with Gasteiger partial charge in [0, 0.05) is 24.7 Å². The molecule has 1 aromatic carbocycles. The van der Waals surface area contributed by atoms with Gasteiger partial charge in [0.15, 0.2) is 0 Å². The summed E-state index contributed by atoms with van der Waals surface area (Å²) >= 11 is 6.72. The number of thiocarbonyl (C=S) groups is 1. The van der Waals surface area contributed by atoms with Crippen molar-refractivity contribution in [2.24, 2.45) is 7.05 Å². The quantitative estimate of drug-likeness (QED) is 0.476. The molecule has 0 aliphatic carbocycles. The molecule has 2 fully saturated rings. The van der Waals surface area contributed by atoms with Crippen LogP contribution in [-0.4, -0.2) is 52.4 Å². The lowest BCUT2D eigenvalue weighted by Crippen LogP contribution is -3.13. The molecule has 0 spiro atoms. The summed E-state index contributed by atoms with van der Waals surface area (Å²) in [6.07, 6.45) is 2.64. The Labute approximate surface area is 215 Å². The second kappa shape index (κ2) is 10.8. The molecule has 182 valence electrons. The molecule has 4 rings (SSSR count). The second-order valence-electron chi connectivity index (χ2n) is 8.95. The van der Waals surface area contributed by atoms with Gasteiger partial charge in [0.05, 0.1) is 31.1 Å². The van der Waals surface area contributed by atoms with E-state index in [0.717, 1.165) is 50.5 Å². The highest BCUT2D eigenvalue weighted by atomic mass is 32.2. The predicted molar refractivity (Wildman–Crippen MR) is 144 cm³/mol. The zero-order chi connectivity index (χ0) is 25.1. The number of nitriles is 1. The Hall–Kier alpha value is -2.93. The van der Waals surface area contributed by atoms with Gasteiger partial charge in [0.1, 0.15) is 28.3 Å². The molecule has 0 unspecified atom stereocenters. The van der Waals surface area contributed by atoms with E-state index in [1.165, 1.54) is 22.2 Å². The van der Waals surface area contributed by atoms with Crippen molar-refractivity contribution in [1.29, 1.82) is 5.26 Å². The van der Waals surface area contributed by atoms with E-state index in [1.807, 2.05) is 19.1 Å². The van der Waals surface area contributed by atoms with Crippen LogP contribution >= 0.6 is 24.0 Å². The van der Waals surface area contributed by atoms with Crippen LogP contribution in [0.25, 0.3) is 6.08 Å². The normalized spacial score (nSPS) is 17.9. The molecule has 1 amide bonds. The van der Waals surface area contributed by atoms with Gasteiger partial charge in [-0.1, -0.05) is 61.2 Å². The lowest BCUT2D eigenvalue weighted by atomic mass is 10.0. The molecule has 2 aliphatic rings. The Morgan fingerprint density at radius 2 is 1.89 bits per heavy atom. The van der Waals surface area contributed by atoms with Crippen molar-refractivity contribution in [1.82, 2.24) is 9.47 Å². The van der Waals surface area contributed by atoms with Crippen molar-refractivity contribution < 1.29 is 9.69 Å². The van der Waals surface area contributed by atoms with Crippen LogP contribution in [0.4, 0.5) is 5.82 Å². The SMILES string of the molecule is CCCN1C(=O)/C(=C/c2c(C)c(C#N)c(=O)n(C)c2N2CC[NH+](Cc3ccccc3)CC2)SC1=S. The summed E-state index contributed by atoms with van der Waals surface area (Å²) < 4.78 is 2.11. The molecule has 3 heterocycles. The average molecular weight is 509 g/mol. The molecule has 1 N–H and O–H groups in total. The van der Waals surface area contributed by atoms with Gasteiger partial charge >= 0.3 is 0 Å². The van der Waals surface area contributed by atoms with Crippen molar-refractivity contribution in [2.45, 2.75) is 26.8 Å². The maximum absolute atomic E-state index is 13.0. The molecule has 35 heavy (non-hydrogen) atoms. The molecular weight excluding hydrogens is 478 g/mol. The Bertz CT molecular complexity index is 1270. The van der Waals surface area contributed by atoms with Gasteiger partial charge in [0.2, 0.25) is 0 Å². The summed E-state index contributed by atoms with van der Waals surface area (Å²) in [6, 6.07) is 12.5. The van der Waals surface area contributed by atoms with E-state index in [4.69, 9.17) is 12.2 Å². The number of hydrogen-bond acceptors (Lipinski definition) is 6. The smallest absolute Gasteiger partial charge is 0.270 e. The first-order chi connectivity index (χ1) is 16.8. The molecule has 0 saturated carbocycles. The van der Waals surface area contributed by atoms with Gasteiger partial charge in [-0.05, 0) is 25.0 Å². The summed E-state index contributed by atoms with van der Waals surface area (Å²) in [5.74, 6) is 0.641. The molecule has 9 heteroatoms. The van der Waals surface area contributed by atoms with Gasteiger partial charge in [-0.15, -0.1) is 0 Å². The number of carbonyl (C=O) groups is 1. The second-order valence-corrected chi connectivity index (χ2v) is 10.6. The molecule has 2 aromatic rings. The molecule has 1 aromatic heterocycles. The maximum Gasteiger partial charge on any atom is 0.270 e. The first-order valence-electron chi connectivity index (χ1n) is 11.9. The van der Waals surface area contributed by atoms with Crippen LogP contribution < -0.4 is 15.4 Å². The summed E-state index contributed by atoms with van der Waals surface area (Å²) in [4.78, 5) is 31.9. The lowest BCUT2D eigenvalue weighted by Gasteiger charge is -2.35. The van der Waals surface area contributed by atoms with E-state index in [0.29, 0.717) is 21.3 Å². The fraction of sp³-hybridized carbons (Fsp3) is 0.385. The van der Waals surface area contributed by atoms with Crippen molar-refractivity contribution in [3.63, 3.8) is 0 Å². The number of piperazine rings is 1. The highest BCUT2D eigenvalue weighted by molar-refractivity contribution is 8.26. The zero-order valence-corrected chi connectivity index (χ0v) is 22.0. The number of anilines is 1. The summed E-state index contributed by atoms with van der Waals surface area (Å²) in [5.41, 5.74) is 2.46. The summed E-state index contributed by atoms with van der Waals surface area (Å²) in [7, 11) is 1.71. The van der Waals surface area contributed by atoms with Crippen molar-refractivity contribution in [3.8, 4) is 6.07 Å².